The van der Waals surface area contributed by atoms with Crippen LogP contribution < -0.4 is 21.3 Å². The second-order valence-corrected chi connectivity index (χ2v) is 14.5. The highest BCUT2D eigenvalue weighted by atomic mass is 16.5. The summed E-state index contributed by atoms with van der Waals surface area (Å²) in [7, 11) is 2.01. The summed E-state index contributed by atoms with van der Waals surface area (Å²) in [4.78, 5) is 57.9. The van der Waals surface area contributed by atoms with Crippen LogP contribution in [0.5, 0.6) is 0 Å². The van der Waals surface area contributed by atoms with Gasteiger partial charge < -0.3 is 40.9 Å². The van der Waals surface area contributed by atoms with Crippen LogP contribution in [0, 0.1) is 11.8 Å². The van der Waals surface area contributed by atoms with Crippen LogP contribution in [-0.4, -0.2) is 102 Å². The van der Waals surface area contributed by atoms with Crippen molar-refractivity contribution in [2.75, 3.05) is 33.2 Å². The smallest absolute Gasteiger partial charge is 0.408 e. The summed E-state index contributed by atoms with van der Waals surface area (Å²) in [6, 6.07) is 24.3. The Hall–Kier alpha value is -4.94. The Morgan fingerprint density at radius 2 is 1.04 bits per heavy atom. The quantitative estimate of drug-likeness (QED) is 0.151. The van der Waals surface area contributed by atoms with Crippen molar-refractivity contribution in [3.05, 3.63) is 108 Å². The highest BCUT2D eigenvalue weighted by molar-refractivity contribution is 5.88. The molecule has 1 aliphatic heterocycles. The van der Waals surface area contributed by atoms with Crippen molar-refractivity contribution in [1.82, 2.24) is 31.1 Å². The van der Waals surface area contributed by atoms with Crippen molar-refractivity contribution < 1.29 is 29.0 Å². The zero-order valence-electron chi connectivity index (χ0n) is 31.5. The molecule has 1 fully saturated rings. The van der Waals surface area contributed by atoms with E-state index < -0.39 is 48.2 Å². The predicted molar refractivity (Wildman–Crippen MR) is 205 cm³/mol. The number of urea groups is 1. The molecule has 1 saturated heterocycles. The standard InChI is InChI=1S/C41H56N6O6/c1-28(2)35(44-40(51)47-23-21-46(5)22-24-47)38(49)42-33(25-30-15-9-6-10-16-30)37(48)34(26-31-17-11-7-12-18-31)43-39(50)36(29(3)4)45-41(52)53-27-32-19-13-8-14-20-32/h6-20,28-29,33-37,48H,21-27H2,1-5H3,(H,42,49)(H,43,50)(H,44,51)(H,45,52)/t33-,34-,35-,36-,37-/m0/s1. The van der Waals surface area contributed by atoms with E-state index in [1.54, 1.807) is 4.90 Å². The average molecular weight is 729 g/mol. The van der Waals surface area contributed by atoms with E-state index in [0.29, 0.717) is 13.1 Å². The number of likely N-dealkylation sites (N-methyl/N-ethyl adjacent to an activating group) is 1. The van der Waals surface area contributed by atoms with Crippen LogP contribution in [-0.2, 0) is 33.8 Å². The molecule has 5 amide bonds. The third-order valence-corrected chi connectivity index (χ3v) is 9.53. The Balaban J connectivity index is 1.55. The fourth-order valence-electron chi connectivity index (χ4n) is 6.27. The predicted octanol–water partition coefficient (Wildman–Crippen LogP) is 3.73. The molecule has 12 nitrogen and oxygen atoms in total. The molecule has 12 heteroatoms. The van der Waals surface area contributed by atoms with Gasteiger partial charge in [0.05, 0.1) is 18.2 Å². The van der Waals surface area contributed by atoms with E-state index in [4.69, 9.17) is 4.74 Å². The van der Waals surface area contributed by atoms with Crippen LogP contribution >= 0.6 is 0 Å². The molecule has 0 radical (unpaired) electrons. The first-order valence-electron chi connectivity index (χ1n) is 18.5. The largest absolute Gasteiger partial charge is 0.445 e. The summed E-state index contributed by atoms with van der Waals surface area (Å²) in [5.41, 5.74) is 2.54. The van der Waals surface area contributed by atoms with Gasteiger partial charge in [0.1, 0.15) is 18.7 Å². The first-order chi connectivity index (χ1) is 25.4. The third kappa shape index (κ3) is 12.9. The molecular formula is C41H56N6O6. The number of ether oxygens (including phenoxy) is 1. The molecule has 1 aliphatic rings. The highest BCUT2D eigenvalue weighted by Crippen LogP contribution is 2.16. The van der Waals surface area contributed by atoms with Gasteiger partial charge in [0, 0.05) is 26.2 Å². The normalized spacial score (nSPS) is 16.2. The molecule has 286 valence electrons. The van der Waals surface area contributed by atoms with Crippen molar-refractivity contribution in [2.24, 2.45) is 11.8 Å². The van der Waals surface area contributed by atoms with Gasteiger partial charge in [-0.05, 0) is 48.4 Å². The number of carbonyl (C=O) groups excluding carboxylic acids is 4. The van der Waals surface area contributed by atoms with E-state index in [-0.39, 0.29) is 37.3 Å². The van der Waals surface area contributed by atoms with E-state index in [1.165, 1.54) is 0 Å². The number of benzene rings is 3. The van der Waals surface area contributed by atoms with Crippen molar-refractivity contribution in [3.8, 4) is 0 Å². The fourth-order valence-corrected chi connectivity index (χ4v) is 6.27. The molecule has 4 rings (SSSR count). The Bertz CT molecular complexity index is 1580. The second-order valence-electron chi connectivity index (χ2n) is 14.5. The topological polar surface area (TPSA) is 152 Å². The number of nitrogens with one attached hydrogen (secondary N) is 4. The molecule has 0 aliphatic carbocycles. The van der Waals surface area contributed by atoms with Gasteiger partial charge in [0.15, 0.2) is 0 Å². The van der Waals surface area contributed by atoms with Crippen molar-refractivity contribution in [3.63, 3.8) is 0 Å². The summed E-state index contributed by atoms with van der Waals surface area (Å²) in [5, 5.41) is 23.9. The zero-order valence-corrected chi connectivity index (χ0v) is 31.5. The van der Waals surface area contributed by atoms with E-state index in [1.807, 2.05) is 126 Å². The number of hydrogen-bond donors (Lipinski definition) is 5. The Labute approximate surface area is 313 Å². The summed E-state index contributed by atoms with van der Waals surface area (Å²) in [5.74, 6) is -1.50. The summed E-state index contributed by atoms with van der Waals surface area (Å²) in [6.45, 7) is 9.99. The van der Waals surface area contributed by atoms with Gasteiger partial charge in [-0.1, -0.05) is 119 Å². The van der Waals surface area contributed by atoms with Crippen molar-refractivity contribution in [2.45, 2.75) is 77.4 Å². The minimum Gasteiger partial charge on any atom is -0.445 e. The lowest BCUT2D eigenvalue weighted by molar-refractivity contribution is -0.126. The lowest BCUT2D eigenvalue weighted by Gasteiger charge is -2.36. The summed E-state index contributed by atoms with van der Waals surface area (Å²) in [6.07, 6.45) is -1.52. The highest BCUT2D eigenvalue weighted by Gasteiger charge is 2.36. The van der Waals surface area contributed by atoms with Crippen LogP contribution in [0.3, 0.4) is 0 Å². The first kappa shape index (κ1) is 40.8. The van der Waals surface area contributed by atoms with Gasteiger partial charge in [0.2, 0.25) is 11.8 Å². The number of nitrogens with zero attached hydrogens (tertiary/aromatic N) is 2. The number of amides is 5. The average Bonchev–Trinajstić information content (AvgIpc) is 3.15. The van der Waals surface area contributed by atoms with Crippen molar-refractivity contribution >= 4 is 23.9 Å². The van der Waals surface area contributed by atoms with E-state index in [2.05, 4.69) is 26.2 Å². The van der Waals surface area contributed by atoms with Crippen LogP contribution in [0.2, 0.25) is 0 Å². The summed E-state index contributed by atoms with van der Waals surface area (Å²) < 4.78 is 5.41. The molecule has 0 unspecified atom stereocenters. The molecule has 53 heavy (non-hydrogen) atoms. The molecule has 0 saturated carbocycles. The van der Waals surface area contributed by atoms with Gasteiger partial charge in [-0.2, -0.15) is 0 Å². The SMILES string of the molecule is CC(C)[C@H](NC(=O)OCc1ccccc1)C(=O)N[C@@H](Cc1ccccc1)[C@@H](O)[C@H](Cc1ccccc1)NC(=O)[C@@H](NC(=O)N1CCN(C)CC1)C(C)C. The molecule has 0 bridgehead atoms. The van der Waals surface area contributed by atoms with Crippen molar-refractivity contribution in [1.29, 1.82) is 0 Å². The van der Waals surface area contributed by atoms with Gasteiger partial charge >= 0.3 is 12.1 Å². The molecule has 1 heterocycles. The number of aliphatic hydroxyl groups excluding tert-OH is 1. The third-order valence-electron chi connectivity index (χ3n) is 9.53. The van der Waals surface area contributed by atoms with E-state index in [9.17, 15) is 24.3 Å². The molecular weight excluding hydrogens is 672 g/mol. The molecule has 0 aromatic heterocycles. The number of carbonyl (C=O) groups is 4. The molecule has 5 atom stereocenters. The second kappa shape index (κ2) is 20.3. The monoisotopic (exact) mass is 728 g/mol. The van der Waals surface area contributed by atoms with Crippen LogP contribution in [0.1, 0.15) is 44.4 Å². The van der Waals surface area contributed by atoms with Gasteiger partial charge in [0.25, 0.3) is 0 Å². The minimum absolute atomic E-state index is 0.0442. The number of alkyl carbamates (subject to hydrolysis) is 1. The number of piperazine rings is 1. The fraction of sp³-hybridized carbons (Fsp3) is 0.463. The maximum Gasteiger partial charge on any atom is 0.408 e. The number of rotatable bonds is 16. The van der Waals surface area contributed by atoms with E-state index in [0.717, 1.165) is 29.8 Å². The Kier molecular flexibility index (Phi) is 15.7. The number of aliphatic hydroxyl groups is 1. The zero-order chi connectivity index (χ0) is 38.3. The summed E-state index contributed by atoms with van der Waals surface area (Å²) >= 11 is 0. The van der Waals surface area contributed by atoms with E-state index >= 15 is 0 Å². The van der Waals surface area contributed by atoms with Crippen LogP contribution in [0.25, 0.3) is 0 Å². The molecule has 0 spiro atoms. The minimum atomic E-state index is -1.28. The molecule has 5 N–H and O–H groups in total. The van der Waals surface area contributed by atoms with Crippen LogP contribution in [0.4, 0.5) is 9.59 Å². The maximum atomic E-state index is 14.0. The lowest BCUT2D eigenvalue weighted by Crippen LogP contribution is -2.62. The van der Waals surface area contributed by atoms with Gasteiger partial charge in [-0.25, -0.2) is 9.59 Å². The Morgan fingerprint density at radius 3 is 1.47 bits per heavy atom. The number of hydrogen-bond acceptors (Lipinski definition) is 7. The Morgan fingerprint density at radius 1 is 0.623 bits per heavy atom. The molecule has 3 aromatic rings. The maximum absolute atomic E-state index is 14.0. The lowest BCUT2D eigenvalue weighted by atomic mass is 9.91. The molecule has 3 aromatic carbocycles. The first-order valence-corrected chi connectivity index (χ1v) is 18.5. The van der Waals surface area contributed by atoms with Crippen LogP contribution in [0.15, 0.2) is 91.0 Å². The van der Waals surface area contributed by atoms with Gasteiger partial charge in [-0.3, -0.25) is 9.59 Å². The van der Waals surface area contributed by atoms with Gasteiger partial charge in [-0.15, -0.1) is 0 Å².